The molecule has 20 heavy (non-hydrogen) atoms. The second kappa shape index (κ2) is 5.03. The van der Waals surface area contributed by atoms with Gasteiger partial charge in [-0.1, -0.05) is 0 Å². The lowest BCUT2D eigenvalue weighted by Gasteiger charge is -2.36. The molecular formula is C12H15FN2O4S. The van der Waals surface area contributed by atoms with E-state index in [1.54, 1.807) is 0 Å². The number of rotatable bonds is 2. The van der Waals surface area contributed by atoms with Crippen molar-refractivity contribution in [1.82, 2.24) is 9.29 Å². The molecule has 0 bridgehead atoms. The summed E-state index contributed by atoms with van der Waals surface area (Å²) in [5, 5.41) is -0.524. The van der Waals surface area contributed by atoms with Crippen molar-refractivity contribution in [2.45, 2.75) is 23.7 Å². The summed E-state index contributed by atoms with van der Waals surface area (Å²) in [6.45, 7) is 1.53. The monoisotopic (exact) mass is 302 g/mol. The first kappa shape index (κ1) is 13.9. The third-order valence-corrected chi connectivity index (χ3v) is 5.44. The summed E-state index contributed by atoms with van der Waals surface area (Å²) >= 11 is 0. The normalized spacial score (nSPS) is 23.2. The number of ether oxygens (including phenoxy) is 2. The predicted octanol–water partition coefficient (Wildman–Crippen LogP) is 0.748. The van der Waals surface area contributed by atoms with Crippen LogP contribution in [0.15, 0.2) is 23.4 Å². The van der Waals surface area contributed by atoms with Crippen molar-refractivity contribution >= 4 is 10.0 Å². The maximum Gasteiger partial charge on any atom is 0.263 e. The molecule has 0 radical (unpaired) electrons. The first-order chi connectivity index (χ1) is 9.54. The zero-order valence-corrected chi connectivity index (χ0v) is 11.6. The minimum atomic E-state index is -3.90. The van der Waals surface area contributed by atoms with Crippen LogP contribution in [-0.2, 0) is 19.5 Å². The lowest BCUT2D eigenvalue weighted by Crippen LogP contribution is -2.47. The Bertz CT molecular complexity index is 591. The van der Waals surface area contributed by atoms with E-state index in [-0.39, 0.29) is 13.1 Å². The van der Waals surface area contributed by atoms with Crippen molar-refractivity contribution in [3.8, 4) is 0 Å². The van der Waals surface area contributed by atoms with Crippen LogP contribution >= 0.6 is 0 Å². The molecule has 110 valence electrons. The van der Waals surface area contributed by atoms with E-state index in [1.165, 1.54) is 16.6 Å². The van der Waals surface area contributed by atoms with Gasteiger partial charge in [0.2, 0.25) is 5.03 Å². The third kappa shape index (κ3) is 2.32. The van der Waals surface area contributed by atoms with Gasteiger partial charge in [-0.3, -0.25) is 0 Å². The van der Waals surface area contributed by atoms with E-state index < -0.39 is 26.7 Å². The third-order valence-electron chi connectivity index (χ3n) is 3.61. The van der Waals surface area contributed by atoms with Crippen LogP contribution in [0, 0.1) is 5.82 Å². The van der Waals surface area contributed by atoms with E-state index >= 15 is 0 Å². The zero-order chi connectivity index (χ0) is 14.2. The maximum absolute atomic E-state index is 13.6. The second-order valence-corrected chi connectivity index (χ2v) is 6.66. The lowest BCUT2D eigenvalue weighted by molar-refractivity contribution is -0.179. The van der Waals surface area contributed by atoms with Gasteiger partial charge in [0.15, 0.2) is 11.6 Å². The molecule has 2 saturated heterocycles. The molecule has 0 N–H and O–H groups in total. The van der Waals surface area contributed by atoms with Crippen molar-refractivity contribution in [2.75, 3.05) is 26.3 Å². The van der Waals surface area contributed by atoms with Gasteiger partial charge in [-0.15, -0.1) is 0 Å². The van der Waals surface area contributed by atoms with Gasteiger partial charge in [-0.05, 0) is 12.1 Å². The Balaban J connectivity index is 1.79. The first-order valence-corrected chi connectivity index (χ1v) is 7.86. The van der Waals surface area contributed by atoms with E-state index in [0.29, 0.717) is 26.1 Å². The summed E-state index contributed by atoms with van der Waals surface area (Å²) in [4.78, 5) is 3.65. The molecule has 1 aromatic heterocycles. The zero-order valence-electron chi connectivity index (χ0n) is 10.8. The van der Waals surface area contributed by atoms with Crippen LogP contribution in [0.2, 0.25) is 0 Å². The molecule has 0 aliphatic carbocycles. The van der Waals surface area contributed by atoms with Crippen molar-refractivity contribution in [2.24, 2.45) is 0 Å². The van der Waals surface area contributed by atoms with Gasteiger partial charge < -0.3 is 9.47 Å². The minimum absolute atomic E-state index is 0.234. The molecule has 1 spiro atoms. The highest BCUT2D eigenvalue weighted by Crippen LogP contribution is 2.33. The van der Waals surface area contributed by atoms with Crippen LogP contribution in [0.4, 0.5) is 4.39 Å². The SMILES string of the molecule is O=S(=O)(c1ncccc1F)N1CCC2(CC1)OCCO2. The number of nitrogens with zero attached hydrogens (tertiary/aromatic N) is 2. The molecule has 0 aromatic carbocycles. The van der Waals surface area contributed by atoms with Gasteiger partial charge in [0.1, 0.15) is 0 Å². The molecule has 6 nitrogen and oxygen atoms in total. The highest BCUT2D eigenvalue weighted by molar-refractivity contribution is 7.89. The van der Waals surface area contributed by atoms with E-state index in [0.717, 1.165) is 6.07 Å². The van der Waals surface area contributed by atoms with E-state index in [4.69, 9.17) is 9.47 Å². The maximum atomic E-state index is 13.6. The number of aromatic nitrogens is 1. The Labute approximate surface area is 116 Å². The summed E-state index contributed by atoms with van der Waals surface area (Å²) in [5.74, 6) is -1.49. The fourth-order valence-corrected chi connectivity index (χ4v) is 3.95. The highest BCUT2D eigenvalue weighted by atomic mass is 32.2. The number of halogens is 1. The van der Waals surface area contributed by atoms with Crippen LogP contribution in [-0.4, -0.2) is 49.8 Å². The van der Waals surface area contributed by atoms with Gasteiger partial charge in [0.05, 0.1) is 13.2 Å². The van der Waals surface area contributed by atoms with E-state index in [9.17, 15) is 12.8 Å². The van der Waals surface area contributed by atoms with Gasteiger partial charge in [0.25, 0.3) is 10.0 Å². The molecule has 3 rings (SSSR count). The number of hydrogen-bond acceptors (Lipinski definition) is 5. The molecule has 2 aliphatic rings. The molecule has 2 aliphatic heterocycles. The molecule has 0 amide bonds. The fourth-order valence-electron chi connectivity index (χ4n) is 2.54. The van der Waals surface area contributed by atoms with Crippen molar-refractivity contribution in [3.05, 3.63) is 24.1 Å². The molecule has 2 fully saturated rings. The summed E-state index contributed by atoms with van der Waals surface area (Å²) < 4.78 is 50.6. The predicted molar refractivity (Wildman–Crippen MR) is 66.8 cm³/mol. The number of sulfonamides is 1. The van der Waals surface area contributed by atoms with Crippen LogP contribution in [0.3, 0.4) is 0 Å². The standard InChI is InChI=1S/C12H15FN2O4S/c13-10-2-1-5-14-11(10)20(16,17)15-6-3-12(4-7-15)18-8-9-19-12/h1-2,5H,3-4,6-9H2. The molecule has 3 heterocycles. The summed E-state index contributed by atoms with van der Waals surface area (Å²) in [6.07, 6.45) is 2.16. The molecule has 8 heteroatoms. The van der Waals surface area contributed by atoms with E-state index in [1.807, 2.05) is 0 Å². The average Bonchev–Trinajstić information content (AvgIpc) is 2.88. The summed E-state index contributed by atoms with van der Waals surface area (Å²) in [5.41, 5.74) is 0. The molecule has 1 aromatic rings. The molecule has 0 saturated carbocycles. The number of pyridine rings is 1. The van der Waals surface area contributed by atoms with Gasteiger partial charge >= 0.3 is 0 Å². The Hall–Kier alpha value is -1.09. The first-order valence-electron chi connectivity index (χ1n) is 6.42. The smallest absolute Gasteiger partial charge is 0.263 e. The van der Waals surface area contributed by atoms with Crippen molar-refractivity contribution in [1.29, 1.82) is 0 Å². The summed E-state index contributed by atoms with van der Waals surface area (Å²) in [7, 11) is -3.90. The molecule has 0 unspecified atom stereocenters. The highest BCUT2D eigenvalue weighted by Gasteiger charge is 2.43. The van der Waals surface area contributed by atoms with Crippen LogP contribution in [0.25, 0.3) is 0 Å². The largest absolute Gasteiger partial charge is 0.347 e. The fraction of sp³-hybridized carbons (Fsp3) is 0.583. The quantitative estimate of drug-likeness (QED) is 0.806. The molecular weight excluding hydrogens is 287 g/mol. The number of piperidine rings is 1. The van der Waals surface area contributed by atoms with Gasteiger partial charge in [0, 0.05) is 32.1 Å². The topological polar surface area (TPSA) is 68.7 Å². The van der Waals surface area contributed by atoms with Crippen LogP contribution in [0.1, 0.15) is 12.8 Å². The Kier molecular flexibility index (Phi) is 3.49. The Morgan fingerprint density at radius 1 is 1.25 bits per heavy atom. The van der Waals surface area contributed by atoms with Gasteiger partial charge in [-0.2, -0.15) is 4.31 Å². The lowest BCUT2D eigenvalue weighted by atomic mass is 10.1. The van der Waals surface area contributed by atoms with Gasteiger partial charge in [-0.25, -0.2) is 17.8 Å². The minimum Gasteiger partial charge on any atom is -0.347 e. The van der Waals surface area contributed by atoms with Crippen LogP contribution in [0.5, 0.6) is 0 Å². The second-order valence-electron chi connectivity index (χ2n) is 4.80. The van der Waals surface area contributed by atoms with Crippen LogP contribution < -0.4 is 0 Å². The summed E-state index contributed by atoms with van der Waals surface area (Å²) in [6, 6.07) is 2.45. The molecule has 0 atom stereocenters. The Morgan fingerprint density at radius 3 is 2.50 bits per heavy atom. The van der Waals surface area contributed by atoms with E-state index in [2.05, 4.69) is 4.98 Å². The van der Waals surface area contributed by atoms with Crippen molar-refractivity contribution in [3.63, 3.8) is 0 Å². The Morgan fingerprint density at radius 2 is 1.90 bits per heavy atom. The average molecular weight is 302 g/mol. The number of hydrogen-bond donors (Lipinski definition) is 0. The van der Waals surface area contributed by atoms with Crippen molar-refractivity contribution < 1.29 is 22.3 Å².